The van der Waals surface area contributed by atoms with Crippen molar-refractivity contribution < 1.29 is 23.9 Å². The van der Waals surface area contributed by atoms with Crippen LogP contribution in [0.4, 0.5) is 4.39 Å². The second-order valence-corrected chi connectivity index (χ2v) is 2.43. The summed E-state index contributed by atoms with van der Waals surface area (Å²) in [5.74, 6) is 0. The molecule has 0 aromatic heterocycles. The van der Waals surface area contributed by atoms with Crippen molar-refractivity contribution in [1.29, 1.82) is 0 Å². The van der Waals surface area contributed by atoms with E-state index >= 15 is 0 Å². The van der Waals surface area contributed by atoms with Crippen LogP contribution in [0.25, 0.3) is 0 Å². The molecule has 0 bridgehead atoms. The first-order chi connectivity index (χ1) is 6.22. The van der Waals surface area contributed by atoms with Crippen molar-refractivity contribution in [2.75, 3.05) is 19.8 Å². The summed E-state index contributed by atoms with van der Waals surface area (Å²) in [5.41, 5.74) is 0. The number of halogens is 1. The van der Waals surface area contributed by atoms with Crippen LogP contribution in [0.15, 0.2) is 0 Å². The Balaban J connectivity index is 0.000000223. The molecule has 1 heterocycles. The summed E-state index contributed by atoms with van der Waals surface area (Å²) in [5, 5.41) is 4.13. The average molecular weight is 196 g/mol. The lowest BCUT2D eigenvalue weighted by Gasteiger charge is -1.94. The molecular formula is C8H17FO4. The van der Waals surface area contributed by atoms with Gasteiger partial charge in [0.15, 0.2) is 0 Å². The second-order valence-electron chi connectivity index (χ2n) is 2.43. The van der Waals surface area contributed by atoms with Gasteiger partial charge in [0.1, 0.15) is 12.3 Å². The maximum Gasteiger partial charge on any atom is 0.126 e. The molecule has 0 N–H and O–H groups in total. The summed E-state index contributed by atoms with van der Waals surface area (Å²) in [6.07, 6.45) is -0.824. The fourth-order valence-corrected chi connectivity index (χ4v) is 0.451. The lowest BCUT2D eigenvalue weighted by Crippen LogP contribution is -2.00. The molecule has 0 aromatic carbocycles. The largest absolute Gasteiger partial charge is 0.370 e. The van der Waals surface area contributed by atoms with Crippen LogP contribution in [-0.4, -0.2) is 32.1 Å². The van der Waals surface area contributed by atoms with E-state index in [1.807, 2.05) is 13.8 Å². The maximum atomic E-state index is 11.8. The maximum absolute atomic E-state index is 11.8. The molecule has 1 rings (SSSR count). The van der Waals surface area contributed by atoms with Crippen molar-refractivity contribution in [1.82, 2.24) is 0 Å². The molecule has 2 unspecified atom stereocenters. The van der Waals surface area contributed by atoms with Crippen LogP contribution < -0.4 is 0 Å². The Labute approximate surface area is 77.8 Å². The van der Waals surface area contributed by atoms with Gasteiger partial charge in [-0.05, 0) is 20.8 Å². The van der Waals surface area contributed by atoms with Crippen molar-refractivity contribution in [2.24, 2.45) is 0 Å². The summed E-state index contributed by atoms with van der Waals surface area (Å²) in [7, 11) is 0. The van der Waals surface area contributed by atoms with Crippen molar-refractivity contribution in [3.05, 3.63) is 0 Å². The molecule has 4 nitrogen and oxygen atoms in total. The van der Waals surface area contributed by atoms with Gasteiger partial charge in [0.2, 0.25) is 0 Å². The highest BCUT2D eigenvalue weighted by Crippen LogP contribution is 2.15. The molecule has 0 aliphatic carbocycles. The zero-order valence-electron chi connectivity index (χ0n) is 8.29. The third-order valence-electron chi connectivity index (χ3n) is 1.20. The van der Waals surface area contributed by atoms with E-state index in [4.69, 9.17) is 0 Å². The van der Waals surface area contributed by atoms with Gasteiger partial charge in [0, 0.05) is 0 Å². The van der Waals surface area contributed by atoms with Crippen molar-refractivity contribution in [3.8, 4) is 0 Å². The third kappa shape index (κ3) is 9.69. The molecule has 0 spiro atoms. The van der Waals surface area contributed by atoms with Crippen LogP contribution in [0, 0.1) is 0 Å². The van der Waals surface area contributed by atoms with E-state index < -0.39 is 6.17 Å². The molecule has 13 heavy (non-hydrogen) atoms. The highest BCUT2D eigenvalue weighted by molar-refractivity contribution is 4.74. The highest BCUT2D eigenvalue weighted by atomic mass is 19.1. The van der Waals surface area contributed by atoms with E-state index in [2.05, 4.69) is 19.6 Å². The quantitative estimate of drug-likeness (QED) is 0.290. The van der Waals surface area contributed by atoms with Crippen molar-refractivity contribution >= 4 is 0 Å². The summed E-state index contributed by atoms with van der Waals surface area (Å²) < 4.78 is 16.4. The summed E-state index contributed by atoms with van der Waals surface area (Å²) in [6.45, 7) is 6.80. The van der Waals surface area contributed by atoms with Gasteiger partial charge in [-0.15, -0.1) is 0 Å². The van der Waals surface area contributed by atoms with Crippen LogP contribution in [0.3, 0.4) is 0 Å². The minimum absolute atomic E-state index is 0.0648. The first-order valence-corrected chi connectivity index (χ1v) is 4.39. The van der Waals surface area contributed by atoms with Gasteiger partial charge in [-0.1, -0.05) is 5.04 Å². The first kappa shape index (κ1) is 12.8. The molecule has 0 aromatic rings. The van der Waals surface area contributed by atoms with E-state index in [9.17, 15) is 4.39 Å². The minimum atomic E-state index is -0.759. The number of hydrogen-bond donors (Lipinski definition) is 0. The zero-order valence-corrected chi connectivity index (χ0v) is 8.29. The van der Waals surface area contributed by atoms with E-state index in [1.54, 1.807) is 0 Å². The Morgan fingerprint density at radius 2 is 1.85 bits per heavy atom. The molecule has 1 fully saturated rings. The van der Waals surface area contributed by atoms with E-state index in [1.165, 1.54) is 6.92 Å². The predicted octanol–water partition coefficient (Wildman–Crippen LogP) is 1.65. The van der Waals surface area contributed by atoms with Crippen LogP contribution >= 0.6 is 0 Å². The summed E-state index contributed by atoms with van der Waals surface area (Å²) >= 11 is 0. The minimum Gasteiger partial charge on any atom is -0.370 e. The first-order valence-electron chi connectivity index (χ1n) is 4.39. The number of hydrogen-bond acceptors (Lipinski definition) is 4. The topological polar surface area (TPSA) is 40.2 Å². The lowest BCUT2D eigenvalue weighted by molar-refractivity contribution is -0.509. The zero-order chi connectivity index (χ0) is 10.1. The van der Waals surface area contributed by atoms with Crippen molar-refractivity contribution in [2.45, 2.75) is 33.0 Å². The van der Waals surface area contributed by atoms with Gasteiger partial charge in [0.05, 0.1) is 19.8 Å². The van der Waals surface area contributed by atoms with E-state index in [-0.39, 0.29) is 6.10 Å². The predicted molar refractivity (Wildman–Crippen MR) is 44.6 cm³/mol. The van der Waals surface area contributed by atoms with Crippen LogP contribution in [0.5, 0.6) is 0 Å². The monoisotopic (exact) mass is 196 g/mol. The van der Waals surface area contributed by atoms with Gasteiger partial charge in [-0.3, -0.25) is 0 Å². The molecule has 0 radical (unpaired) electrons. The average Bonchev–Trinajstić information content (AvgIpc) is 2.88. The Hall–Kier alpha value is -0.230. The number of epoxide rings is 1. The smallest absolute Gasteiger partial charge is 0.126 e. The molecular weight excluding hydrogens is 179 g/mol. The Bertz CT molecular complexity index is 102. The molecule has 0 amide bonds. The third-order valence-corrected chi connectivity index (χ3v) is 1.20. The SMILES string of the molecule is CC(F)C1CO1.CCOOOCC. The van der Waals surface area contributed by atoms with Gasteiger partial charge in [0.25, 0.3) is 0 Å². The van der Waals surface area contributed by atoms with Crippen LogP contribution in [-0.2, 0) is 19.6 Å². The second kappa shape index (κ2) is 8.37. The molecule has 1 aliphatic heterocycles. The van der Waals surface area contributed by atoms with Crippen molar-refractivity contribution in [3.63, 3.8) is 0 Å². The fraction of sp³-hybridized carbons (Fsp3) is 1.00. The van der Waals surface area contributed by atoms with Crippen LogP contribution in [0.1, 0.15) is 20.8 Å². The summed E-state index contributed by atoms with van der Waals surface area (Å²) in [4.78, 5) is 8.70. The fourth-order valence-electron chi connectivity index (χ4n) is 0.451. The highest BCUT2D eigenvalue weighted by Gasteiger charge is 2.28. The molecule has 5 heteroatoms. The van der Waals surface area contributed by atoms with Gasteiger partial charge in [-0.25, -0.2) is 14.2 Å². The van der Waals surface area contributed by atoms with Crippen LogP contribution in [0.2, 0.25) is 0 Å². The van der Waals surface area contributed by atoms with Gasteiger partial charge in [-0.2, -0.15) is 0 Å². The Kier molecular flexibility index (Phi) is 8.22. The lowest BCUT2D eigenvalue weighted by atomic mass is 10.3. The molecule has 2 atom stereocenters. The van der Waals surface area contributed by atoms with E-state index in [0.717, 1.165) is 0 Å². The Morgan fingerprint density at radius 3 is 2.00 bits per heavy atom. The normalized spacial score (nSPS) is 21.7. The summed E-state index contributed by atoms with van der Waals surface area (Å²) in [6, 6.07) is 0. The number of alkyl halides is 1. The molecule has 80 valence electrons. The molecule has 1 saturated heterocycles. The molecule has 1 aliphatic rings. The Morgan fingerprint density at radius 1 is 1.38 bits per heavy atom. The van der Waals surface area contributed by atoms with E-state index in [0.29, 0.717) is 19.8 Å². The molecule has 0 saturated carbocycles. The van der Waals surface area contributed by atoms with Gasteiger partial charge >= 0.3 is 0 Å². The number of ether oxygens (including phenoxy) is 1. The number of rotatable bonds is 5. The standard InChI is InChI=1S/C4H7FO.C4H10O3/c1-3(5)4-2-6-4;1-3-5-7-6-4-2/h3-4H,2H2,1H3;3-4H2,1-2H3. The van der Waals surface area contributed by atoms with Gasteiger partial charge < -0.3 is 4.74 Å².